The number of rotatable bonds is 6. The van der Waals surface area contributed by atoms with Crippen LogP contribution in [0.3, 0.4) is 0 Å². The van der Waals surface area contributed by atoms with Gasteiger partial charge in [-0.25, -0.2) is 13.1 Å². The third-order valence-electron chi connectivity index (χ3n) is 3.12. The second-order valence-electron chi connectivity index (χ2n) is 4.95. The molecule has 1 N–H and O–H groups in total. The molecule has 0 saturated heterocycles. The Kier molecular flexibility index (Phi) is 5.45. The first-order chi connectivity index (χ1) is 10.4. The molecule has 0 radical (unpaired) electrons. The average molecular weight is 340 g/mol. The fraction of sp³-hybridized carbons (Fsp3) is 0.250. The molecule has 2 rings (SSSR count). The molecule has 2 aromatic rings. The van der Waals surface area contributed by atoms with Gasteiger partial charge in [0.1, 0.15) is 12.4 Å². The third kappa shape index (κ3) is 4.22. The molecule has 0 aliphatic heterocycles. The second kappa shape index (κ2) is 7.13. The molecule has 0 spiro atoms. The normalized spacial score (nSPS) is 11.4. The first kappa shape index (κ1) is 16.8. The maximum atomic E-state index is 12.2. The quantitative estimate of drug-likeness (QED) is 0.821. The highest BCUT2D eigenvalue weighted by molar-refractivity contribution is 7.89. The molecule has 0 aromatic heterocycles. The van der Waals surface area contributed by atoms with Gasteiger partial charge in [-0.1, -0.05) is 35.9 Å². The lowest BCUT2D eigenvalue weighted by Crippen LogP contribution is -2.28. The SMILES string of the molecule is Cc1ccc(Cl)c(OCCNS(=O)(=O)c2ccccc2C)c1. The summed E-state index contributed by atoms with van der Waals surface area (Å²) in [4.78, 5) is 0.281. The van der Waals surface area contributed by atoms with Crippen LogP contribution in [0, 0.1) is 13.8 Å². The second-order valence-corrected chi connectivity index (χ2v) is 7.09. The van der Waals surface area contributed by atoms with Crippen molar-refractivity contribution in [2.45, 2.75) is 18.7 Å². The van der Waals surface area contributed by atoms with Crippen LogP contribution in [0.4, 0.5) is 0 Å². The van der Waals surface area contributed by atoms with Crippen molar-refractivity contribution in [2.24, 2.45) is 0 Å². The van der Waals surface area contributed by atoms with E-state index in [-0.39, 0.29) is 18.0 Å². The average Bonchev–Trinajstić information content (AvgIpc) is 2.47. The predicted octanol–water partition coefficient (Wildman–Crippen LogP) is 3.31. The van der Waals surface area contributed by atoms with E-state index >= 15 is 0 Å². The molecule has 0 unspecified atom stereocenters. The Labute approximate surface area is 136 Å². The zero-order chi connectivity index (χ0) is 16.2. The van der Waals surface area contributed by atoms with Gasteiger partial charge < -0.3 is 4.74 Å². The first-order valence-corrected chi connectivity index (χ1v) is 8.70. The molecule has 0 amide bonds. The minimum absolute atomic E-state index is 0.168. The van der Waals surface area contributed by atoms with Gasteiger partial charge in [0.05, 0.1) is 9.92 Å². The predicted molar refractivity (Wildman–Crippen MR) is 88.1 cm³/mol. The number of ether oxygens (including phenoxy) is 1. The molecular weight excluding hydrogens is 322 g/mol. The van der Waals surface area contributed by atoms with Crippen LogP contribution >= 0.6 is 11.6 Å². The Morgan fingerprint density at radius 1 is 1.14 bits per heavy atom. The van der Waals surface area contributed by atoms with Crippen molar-refractivity contribution in [1.82, 2.24) is 4.72 Å². The summed E-state index contributed by atoms with van der Waals surface area (Å²) in [5.74, 6) is 0.553. The summed E-state index contributed by atoms with van der Waals surface area (Å²) in [6.07, 6.45) is 0. The topological polar surface area (TPSA) is 55.4 Å². The minimum atomic E-state index is -3.53. The minimum Gasteiger partial charge on any atom is -0.491 e. The number of nitrogens with one attached hydrogen (secondary N) is 1. The highest BCUT2D eigenvalue weighted by Crippen LogP contribution is 2.25. The summed E-state index contributed by atoms with van der Waals surface area (Å²) in [6, 6.07) is 12.3. The van der Waals surface area contributed by atoms with Crippen LogP contribution in [0.15, 0.2) is 47.4 Å². The molecule has 22 heavy (non-hydrogen) atoms. The maximum Gasteiger partial charge on any atom is 0.240 e. The number of halogens is 1. The Morgan fingerprint density at radius 3 is 2.59 bits per heavy atom. The largest absolute Gasteiger partial charge is 0.491 e. The number of benzene rings is 2. The zero-order valence-electron chi connectivity index (χ0n) is 12.5. The van der Waals surface area contributed by atoms with Gasteiger partial charge in [0.25, 0.3) is 0 Å². The van der Waals surface area contributed by atoms with Gasteiger partial charge in [-0.3, -0.25) is 0 Å². The van der Waals surface area contributed by atoms with E-state index in [1.165, 1.54) is 0 Å². The van der Waals surface area contributed by atoms with E-state index in [4.69, 9.17) is 16.3 Å². The summed E-state index contributed by atoms with van der Waals surface area (Å²) < 4.78 is 32.4. The lowest BCUT2D eigenvalue weighted by atomic mass is 10.2. The molecule has 2 aromatic carbocycles. The molecule has 0 atom stereocenters. The fourth-order valence-electron chi connectivity index (χ4n) is 1.99. The van der Waals surface area contributed by atoms with Crippen molar-refractivity contribution >= 4 is 21.6 Å². The molecule has 0 saturated carbocycles. The van der Waals surface area contributed by atoms with Crippen molar-refractivity contribution < 1.29 is 13.2 Å². The number of hydrogen-bond donors (Lipinski definition) is 1. The van der Waals surface area contributed by atoms with E-state index in [9.17, 15) is 8.42 Å². The van der Waals surface area contributed by atoms with E-state index in [2.05, 4.69) is 4.72 Å². The van der Waals surface area contributed by atoms with Crippen LogP contribution in [0.25, 0.3) is 0 Å². The lowest BCUT2D eigenvalue weighted by Gasteiger charge is -2.11. The first-order valence-electron chi connectivity index (χ1n) is 6.84. The van der Waals surface area contributed by atoms with Gasteiger partial charge in [-0.05, 0) is 43.2 Å². The summed E-state index contributed by atoms with van der Waals surface area (Å²) in [7, 11) is -3.53. The van der Waals surface area contributed by atoms with Crippen molar-refractivity contribution in [3.05, 3.63) is 58.6 Å². The van der Waals surface area contributed by atoms with Crippen molar-refractivity contribution in [1.29, 1.82) is 0 Å². The summed E-state index contributed by atoms with van der Waals surface area (Å²) in [5.41, 5.74) is 1.73. The molecular formula is C16H18ClNO3S. The van der Waals surface area contributed by atoms with Gasteiger partial charge in [0, 0.05) is 6.54 Å². The van der Waals surface area contributed by atoms with Gasteiger partial charge in [0.2, 0.25) is 10.0 Å². The van der Waals surface area contributed by atoms with E-state index in [1.54, 1.807) is 37.3 Å². The van der Waals surface area contributed by atoms with E-state index in [0.29, 0.717) is 16.3 Å². The van der Waals surface area contributed by atoms with Crippen LogP contribution in [0.1, 0.15) is 11.1 Å². The monoisotopic (exact) mass is 339 g/mol. The van der Waals surface area contributed by atoms with Gasteiger partial charge in [0.15, 0.2) is 0 Å². The number of aryl methyl sites for hydroxylation is 2. The molecule has 0 aliphatic rings. The van der Waals surface area contributed by atoms with Crippen molar-refractivity contribution in [3.8, 4) is 5.75 Å². The van der Waals surface area contributed by atoms with E-state index < -0.39 is 10.0 Å². The van der Waals surface area contributed by atoms with E-state index in [0.717, 1.165) is 5.56 Å². The van der Waals surface area contributed by atoms with Crippen molar-refractivity contribution in [2.75, 3.05) is 13.2 Å². The lowest BCUT2D eigenvalue weighted by molar-refractivity contribution is 0.323. The van der Waals surface area contributed by atoms with Crippen LogP contribution in [0.2, 0.25) is 5.02 Å². The third-order valence-corrected chi connectivity index (χ3v) is 5.06. The van der Waals surface area contributed by atoms with Crippen LogP contribution in [-0.4, -0.2) is 21.6 Å². The Balaban J connectivity index is 1.94. The van der Waals surface area contributed by atoms with Crippen molar-refractivity contribution in [3.63, 3.8) is 0 Å². The van der Waals surface area contributed by atoms with Crippen LogP contribution in [-0.2, 0) is 10.0 Å². The summed E-state index contributed by atoms with van der Waals surface area (Å²) in [5, 5.41) is 0.507. The Bertz CT molecular complexity index is 760. The Morgan fingerprint density at radius 2 is 1.86 bits per heavy atom. The highest BCUT2D eigenvalue weighted by atomic mass is 35.5. The molecule has 0 aliphatic carbocycles. The molecule has 0 fully saturated rings. The fourth-order valence-corrected chi connectivity index (χ4v) is 3.42. The molecule has 4 nitrogen and oxygen atoms in total. The zero-order valence-corrected chi connectivity index (χ0v) is 14.0. The Hall–Kier alpha value is -1.56. The maximum absolute atomic E-state index is 12.2. The van der Waals surface area contributed by atoms with Crippen LogP contribution in [0.5, 0.6) is 5.75 Å². The molecule has 6 heteroatoms. The highest BCUT2D eigenvalue weighted by Gasteiger charge is 2.15. The molecule has 0 bridgehead atoms. The molecule has 0 heterocycles. The van der Waals surface area contributed by atoms with Gasteiger partial charge in [-0.2, -0.15) is 0 Å². The standard InChI is InChI=1S/C16H18ClNO3S/c1-12-7-8-14(17)15(11-12)21-10-9-18-22(19,20)16-6-4-3-5-13(16)2/h3-8,11,18H,9-10H2,1-2H3. The van der Waals surface area contributed by atoms with Gasteiger partial charge >= 0.3 is 0 Å². The smallest absolute Gasteiger partial charge is 0.240 e. The van der Waals surface area contributed by atoms with E-state index in [1.807, 2.05) is 19.1 Å². The van der Waals surface area contributed by atoms with Crippen LogP contribution < -0.4 is 9.46 Å². The summed E-state index contributed by atoms with van der Waals surface area (Å²) in [6.45, 7) is 4.07. The number of sulfonamides is 1. The summed E-state index contributed by atoms with van der Waals surface area (Å²) >= 11 is 6.02. The molecule has 118 valence electrons. The van der Waals surface area contributed by atoms with Gasteiger partial charge in [-0.15, -0.1) is 0 Å². The number of hydrogen-bond acceptors (Lipinski definition) is 3.